The molecule has 1 atom stereocenters. The van der Waals surface area contributed by atoms with Gasteiger partial charge in [0.05, 0.1) is 0 Å². The second-order valence-corrected chi connectivity index (χ2v) is 6.75. The Morgan fingerprint density at radius 3 is 2.71 bits per heavy atom. The maximum Gasteiger partial charge on any atom is 0.0496 e. The van der Waals surface area contributed by atoms with Gasteiger partial charge in [-0.25, -0.2) is 0 Å². The predicted molar refractivity (Wildman–Crippen MR) is 92.9 cm³/mol. The van der Waals surface area contributed by atoms with Gasteiger partial charge in [0.2, 0.25) is 0 Å². The van der Waals surface area contributed by atoms with E-state index >= 15 is 0 Å². The number of hydrogen-bond donors (Lipinski definition) is 1. The maximum atomic E-state index is 6.22. The third-order valence-electron chi connectivity index (χ3n) is 5.02. The fraction of sp³-hybridized carbons (Fsp3) is 0.684. The average Bonchev–Trinajstić information content (AvgIpc) is 2.74. The van der Waals surface area contributed by atoms with Gasteiger partial charge in [0.15, 0.2) is 0 Å². The Labute approximate surface area is 130 Å². The zero-order valence-electron chi connectivity index (χ0n) is 13.9. The number of para-hydroxylation sites is 1. The highest BCUT2D eigenvalue weighted by Gasteiger charge is 2.32. The van der Waals surface area contributed by atoms with Gasteiger partial charge < -0.3 is 10.6 Å². The van der Waals surface area contributed by atoms with Crippen LogP contribution in [0.4, 0.5) is 5.69 Å². The highest BCUT2D eigenvalue weighted by Crippen LogP contribution is 2.34. The first-order chi connectivity index (χ1) is 10.2. The fourth-order valence-electron chi connectivity index (χ4n) is 3.53. The summed E-state index contributed by atoms with van der Waals surface area (Å²) in [5.74, 6) is 0. The minimum Gasteiger partial charge on any atom is -0.365 e. The first-order valence-corrected chi connectivity index (χ1v) is 8.77. The van der Waals surface area contributed by atoms with Gasteiger partial charge in [-0.2, -0.15) is 0 Å². The van der Waals surface area contributed by atoms with Crippen molar-refractivity contribution in [3.8, 4) is 0 Å². The monoisotopic (exact) mass is 288 g/mol. The van der Waals surface area contributed by atoms with E-state index in [0.29, 0.717) is 0 Å². The van der Waals surface area contributed by atoms with Crippen molar-refractivity contribution >= 4 is 5.69 Å². The number of fused-ring (bicyclic) bond motifs is 1. The van der Waals surface area contributed by atoms with Crippen molar-refractivity contribution in [2.75, 3.05) is 18.0 Å². The van der Waals surface area contributed by atoms with Crippen LogP contribution in [0, 0.1) is 0 Å². The number of aryl methyl sites for hydroxylation is 1. The standard InChI is InChI=1S/C19H32N2/c1-3-4-5-9-14-19(2,16-20)21-15-10-8-12-17-11-6-7-13-18(17)21/h6-7,11,13H,3-5,8-10,12,14-16,20H2,1-2H3. The Morgan fingerprint density at radius 2 is 1.95 bits per heavy atom. The van der Waals surface area contributed by atoms with Crippen molar-refractivity contribution < 1.29 is 0 Å². The Kier molecular flexibility index (Phi) is 6.10. The van der Waals surface area contributed by atoms with Crippen LogP contribution in [0.5, 0.6) is 0 Å². The van der Waals surface area contributed by atoms with Gasteiger partial charge in [0, 0.05) is 24.3 Å². The van der Waals surface area contributed by atoms with Gasteiger partial charge in [0.25, 0.3) is 0 Å². The first kappa shape index (κ1) is 16.4. The molecule has 0 amide bonds. The molecule has 0 saturated carbocycles. The number of rotatable bonds is 7. The number of hydrogen-bond acceptors (Lipinski definition) is 2. The van der Waals surface area contributed by atoms with E-state index in [1.54, 1.807) is 0 Å². The van der Waals surface area contributed by atoms with Crippen LogP contribution < -0.4 is 10.6 Å². The van der Waals surface area contributed by atoms with Crippen LogP contribution in [-0.2, 0) is 6.42 Å². The molecule has 0 aromatic heterocycles. The molecule has 2 nitrogen and oxygen atoms in total. The molecule has 0 bridgehead atoms. The smallest absolute Gasteiger partial charge is 0.0496 e. The lowest BCUT2D eigenvalue weighted by Crippen LogP contribution is -2.52. The molecular weight excluding hydrogens is 256 g/mol. The predicted octanol–water partition coefficient (Wildman–Crippen LogP) is 4.52. The molecule has 118 valence electrons. The number of benzene rings is 1. The van der Waals surface area contributed by atoms with Crippen molar-refractivity contribution in [1.82, 2.24) is 0 Å². The van der Waals surface area contributed by atoms with E-state index in [9.17, 15) is 0 Å². The van der Waals surface area contributed by atoms with Crippen molar-refractivity contribution in [2.24, 2.45) is 5.73 Å². The van der Waals surface area contributed by atoms with Crippen LogP contribution in [0.2, 0.25) is 0 Å². The number of nitrogens with two attached hydrogens (primary N) is 1. The van der Waals surface area contributed by atoms with Crippen molar-refractivity contribution in [1.29, 1.82) is 0 Å². The van der Waals surface area contributed by atoms with Gasteiger partial charge in [-0.3, -0.25) is 0 Å². The van der Waals surface area contributed by atoms with Crippen molar-refractivity contribution in [2.45, 2.75) is 70.8 Å². The van der Waals surface area contributed by atoms with E-state index in [0.717, 1.165) is 13.1 Å². The maximum absolute atomic E-state index is 6.22. The number of unbranched alkanes of at least 4 members (excludes halogenated alkanes) is 3. The summed E-state index contributed by atoms with van der Waals surface area (Å²) >= 11 is 0. The quantitative estimate of drug-likeness (QED) is 0.748. The van der Waals surface area contributed by atoms with Crippen LogP contribution in [0.15, 0.2) is 24.3 Å². The topological polar surface area (TPSA) is 29.3 Å². The summed E-state index contributed by atoms with van der Waals surface area (Å²) in [7, 11) is 0. The second-order valence-electron chi connectivity index (χ2n) is 6.75. The summed E-state index contributed by atoms with van der Waals surface area (Å²) in [6.07, 6.45) is 10.3. The highest BCUT2D eigenvalue weighted by molar-refractivity contribution is 5.56. The third-order valence-corrected chi connectivity index (χ3v) is 5.02. The largest absolute Gasteiger partial charge is 0.365 e. The summed E-state index contributed by atoms with van der Waals surface area (Å²) in [6.45, 7) is 6.53. The molecule has 0 radical (unpaired) electrons. The van der Waals surface area contributed by atoms with Crippen LogP contribution in [0.25, 0.3) is 0 Å². The van der Waals surface area contributed by atoms with Crippen LogP contribution >= 0.6 is 0 Å². The van der Waals surface area contributed by atoms with E-state index in [4.69, 9.17) is 5.73 Å². The van der Waals surface area contributed by atoms with Crippen LogP contribution in [-0.4, -0.2) is 18.6 Å². The first-order valence-electron chi connectivity index (χ1n) is 8.77. The highest BCUT2D eigenvalue weighted by atomic mass is 15.2. The molecule has 21 heavy (non-hydrogen) atoms. The molecule has 0 aliphatic carbocycles. The van der Waals surface area contributed by atoms with E-state index in [1.807, 2.05) is 0 Å². The molecule has 2 rings (SSSR count). The molecule has 2 N–H and O–H groups in total. The van der Waals surface area contributed by atoms with Crippen molar-refractivity contribution in [3.63, 3.8) is 0 Å². The summed E-state index contributed by atoms with van der Waals surface area (Å²) in [4.78, 5) is 2.61. The molecule has 1 aromatic rings. The molecule has 0 spiro atoms. The molecule has 2 heteroatoms. The summed E-state index contributed by atoms with van der Waals surface area (Å²) < 4.78 is 0. The van der Waals surface area contributed by atoms with E-state index in [1.165, 1.54) is 62.6 Å². The summed E-state index contributed by atoms with van der Waals surface area (Å²) in [5, 5.41) is 0. The molecular formula is C19H32N2. The lowest BCUT2D eigenvalue weighted by molar-refractivity contribution is 0.380. The van der Waals surface area contributed by atoms with Gasteiger partial charge in [-0.1, -0.05) is 50.8 Å². The lowest BCUT2D eigenvalue weighted by atomic mass is 9.90. The normalized spacial score (nSPS) is 18.0. The molecule has 1 aliphatic rings. The number of anilines is 1. The van der Waals surface area contributed by atoms with Gasteiger partial charge in [0.1, 0.15) is 0 Å². The SMILES string of the molecule is CCCCCCC(C)(CN)N1CCCCc2ccccc21. The van der Waals surface area contributed by atoms with Gasteiger partial charge in [-0.05, 0) is 44.2 Å². The summed E-state index contributed by atoms with van der Waals surface area (Å²) in [6, 6.07) is 8.93. The Morgan fingerprint density at radius 1 is 1.14 bits per heavy atom. The molecule has 1 aliphatic heterocycles. The van der Waals surface area contributed by atoms with E-state index in [2.05, 4.69) is 43.0 Å². The van der Waals surface area contributed by atoms with Gasteiger partial charge in [-0.15, -0.1) is 0 Å². The van der Waals surface area contributed by atoms with Crippen LogP contribution in [0.3, 0.4) is 0 Å². The molecule has 0 fully saturated rings. The minimum atomic E-state index is 0.105. The van der Waals surface area contributed by atoms with E-state index in [-0.39, 0.29) is 5.54 Å². The third kappa shape index (κ3) is 4.00. The zero-order valence-corrected chi connectivity index (χ0v) is 13.9. The lowest BCUT2D eigenvalue weighted by Gasteiger charge is -2.43. The minimum absolute atomic E-state index is 0.105. The Bertz CT molecular complexity index is 429. The molecule has 1 heterocycles. The molecule has 1 unspecified atom stereocenters. The number of nitrogens with zero attached hydrogens (tertiary/aromatic N) is 1. The summed E-state index contributed by atoms with van der Waals surface area (Å²) in [5.41, 5.74) is 9.26. The Hall–Kier alpha value is -1.02. The molecule has 1 aromatic carbocycles. The molecule has 0 saturated heterocycles. The van der Waals surface area contributed by atoms with Gasteiger partial charge >= 0.3 is 0 Å². The zero-order chi connectivity index (χ0) is 15.1. The second kappa shape index (κ2) is 7.84. The fourth-order valence-corrected chi connectivity index (χ4v) is 3.53. The Balaban J connectivity index is 2.16. The average molecular weight is 288 g/mol. The van der Waals surface area contributed by atoms with Crippen molar-refractivity contribution in [3.05, 3.63) is 29.8 Å². The van der Waals surface area contributed by atoms with Crippen LogP contribution in [0.1, 0.15) is 64.4 Å². The van der Waals surface area contributed by atoms with E-state index < -0.39 is 0 Å².